The summed E-state index contributed by atoms with van der Waals surface area (Å²) in [5, 5.41) is 7.95. The summed E-state index contributed by atoms with van der Waals surface area (Å²) >= 11 is 11.9. The summed E-state index contributed by atoms with van der Waals surface area (Å²) in [6.45, 7) is 7.56. The van der Waals surface area contributed by atoms with Crippen LogP contribution in [0.5, 0.6) is 0 Å². The van der Waals surface area contributed by atoms with E-state index in [1.54, 1.807) is 0 Å². The lowest BCUT2D eigenvalue weighted by Gasteiger charge is -2.17. The smallest absolute Gasteiger partial charge is 0.151 e. The molecule has 0 fully saturated rings. The predicted molar refractivity (Wildman–Crippen MR) is 54.0 cm³/mol. The monoisotopic (exact) mass is 210 g/mol. The van der Waals surface area contributed by atoms with Gasteiger partial charge in [-0.15, -0.1) is 0 Å². The van der Waals surface area contributed by atoms with Crippen LogP contribution in [0.15, 0.2) is 10.2 Å². The van der Waals surface area contributed by atoms with Crippen molar-refractivity contribution in [1.82, 2.24) is 0 Å². The van der Waals surface area contributed by atoms with E-state index in [0.717, 1.165) is 12.8 Å². The highest BCUT2D eigenvalue weighted by Crippen LogP contribution is 2.26. The molecule has 0 rings (SSSR count). The fourth-order valence-electron chi connectivity index (χ4n) is 0.350. The second-order valence-electron chi connectivity index (χ2n) is 3.19. The Kier molecular flexibility index (Phi) is 4.49. The molecule has 0 N–H and O–H groups in total. The van der Waals surface area contributed by atoms with E-state index in [4.69, 9.17) is 23.2 Å². The molecule has 2 nitrogen and oxygen atoms in total. The number of nitrogens with zero attached hydrogens (tertiary/aromatic N) is 2. The van der Waals surface area contributed by atoms with Gasteiger partial charge in [0.1, 0.15) is 0 Å². The number of rotatable bonds is 4. The van der Waals surface area contributed by atoms with E-state index >= 15 is 0 Å². The topological polar surface area (TPSA) is 24.7 Å². The van der Waals surface area contributed by atoms with Crippen LogP contribution in [0, 0.1) is 0 Å². The van der Waals surface area contributed by atoms with Crippen molar-refractivity contribution in [3.05, 3.63) is 0 Å². The van der Waals surface area contributed by atoms with Gasteiger partial charge in [0.2, 0.25) is 0 Å². The number of hydrogen-bond donors (Lipinski definition) is 0. The molecule has 0 bridgehead atoms. The van der Waals surface area contributed by atoms with E-state index in [0.29, 0.717) is 0 Å². The molecule has 0 aromatic heterocycles. The fraction of sp³-hybridized carbons (Fsp3) is 1.00. The second-order valence-corrected chi connectivity index (χ2v) is 4.82. The van der Waals surface area contributed by atoms with Gasteiger partial charge in [0, 0.05) is 0 Å². The van der Waals surface area contributed by atoms with Crippen molar-refractivity contribution in [3.8, 4) is 0 Å². The molecule has 0 aromatic carbocycles. The molecule has 0 aliphatic rings. The van der Waals surface area contributed by atoms with E-state index < -0.39 is 10.00 Å². The van der Waals surface area contributed by atoms with Gasteiger partial charge in [0.05, 0.1) is 0 Å². The van der Waals surface area contributed by atoms with Crippen molar-refractivity contribution in [2.75, 3.05) is 0 Å². The molecule has 0 aliphatic heterocycles. The Labute approximate surface area is 84.3 Å². The molecule has 0 aliphatic carbocycles. The third kappa shape index (κ3) is 4.94. The maximum atomic E-state index is 5.96. The zero-order chi connectivity index (χ0) is 9.83. The van der Waals surface area contributed by atoms with E-state index in [-0.39, 0.29) is 0 Å². The van der Waals surface area contributed by atoms with Crippen molar-refractivity contribution in [2.45, 2.75) is 50.5 Å². The Morgan fingerprint density at radius 1 is 0.917 bits per heavy atom. The van der Waals surface area contributed by atoms with E-state index in [1.165, 1.54) is 0 Å². The Morgan fingerprint density at radius 3 is 1.33 bits per heavy atom. The predicted octanol–water partition coefficient (Wildman–Crippen LogP) is 4.17. The van der Waals surface area contributed by atoms with Crippen LogP contribution in [-0.2, 0) is 0 Å². The lowest BCUT2D eigenvalue weighted by molar-refractivity contribution is 0.525. The summed E-state index contributed by atoms with van der Waals surface area (Å²) in [5.41, 5.74) is 0. The molecule has 0 aromatic rings. The molecule has 0 saturated carbocycles. The van der Waals surface area contributed by atoms with Crippen LogP contribution in [0.25, 0.3) is 0 Å². The quantitative estimate of drug-likeness (QED) is 0.378. The summed E-state index contributed by atoms with van der Waals surface area (Å²) < 4.78 is 0. The van der Waals surface area contributed by atoms with E-state index in [1.807, 2.05) is 27.7 Å². The van der Waals surface area contributed by atoms with Crippen LogP contribution in [0.4, 0.5) is 0 Å². The minimum Gasteiger partial charge on any atom is -0.170 e. The molecule has 4 heteroatoms. The molecule has 0 radical (unpaired) electrons. The number of hydrogen-bond acceptors (Lipinski definition) is 2. The molecule has 0 saturated heterocycles. The Balaban J connectivity index is 4.23. The fourth-order valence-corrected chi connectivity index (χ4v) is 0.426. The average molecular weight is 211 g/mol. The molecule has 2 unspecified atom stereocenters. The van der Waals surface area contributed by atoms with Crippen molar-refractivity contribution >= 4 is 23.2 Å². The van der Waals surface area contributed by atoms with Gasteiger partial charge in [0.15, 0.2) is 10.00 Å². The standard InChI is InChI=1S/C8H16Cl2N2/c1-5-7(3,9)11-12-8(4,10)6-2/h5-6H2,1-4H3. The van der Waals surface area contributed by atoms with Gasteiger partial charge in [-0.1, -0.05) is 37.0 Å². The van der Waals surface area contributed by atoms with Crippen LogP contribution in [0.2, 0.25) is 0 Å². The Hall–Kier alpha value is 0.180. The summed E-state index contributed by atoms with van der Waals surface area (Å²) in [5.74, 6) is 0. The van der Waals surface area contributed by atoms with Crippen LogP contribution in [0.3, 0.4) is 0 Å². The first-order chi connectivity index (χ1) is 5.33. The highest BCUT2D eigenvalue weighted by atomic mass is 35.5. The number of azo groups is 1. The van der Waals surface area contributed by atoms with Gasteiger partial charge >= 0.3 is 0 Å². The van der Waals surface area contributed by atoms with Crippen LogP contribution < -0.4 is 0 Å². The van der Waals surface area contributed by atoms with Crippen molar-refractivity contribution in [1.29, 1.82) is 0 Å². The lowest BCUT2D eigenvalue weighted by Crippen LogP contribution is -2.15. The molecule has 72 valence electrons. The molecule has 2 atom stereocenters. The van der Waals surface area contributed by atoms with Gasteiger partial charge in [-0.05, 0) is 26.7 Å². The Morgan fingerprint density at radius 2 is 1.17 bits per heavy atom. The SMILES string of the molecule is CCC(C)(Cl)N=NC(C)(Cl)CC. The molecule has 0 amide bonds. The summed E-state index contributed by atoms with van der Waals surface area (Å²) in [6.07, 6.45) is 1.49. The first-order valence-electron chi connectivity index (χ1n) is 4.15. The van der Waals surface area contributed by atoms with Gasteiger partial charge in [-0.25, -0.2) is 0 Å². The second kappa shape index (κ2) is 4.43. The van der Waals surface area contributed by atoms with E-state index in [9.17, 15) is 0 Å². The highest BCUT2D eigenvalue weighted by molar-refractivity contribution is 6.24. The average Bonchev–Trinajstić information content (AvgIpc) is 2.02. The van der Waals surface area contributed by atoms with Crippen LogP contribution in [-0.4, -0.2) is 10.00 Å². The van der Waals surface area contributed by atoms with Crippen LogP contribution >= 0.6 is 23.2 Å². The number of alkyl halides is 2. The first-order valence-corrected chi connectivity index (χ1v) is 4.90. The third-order valence-electron chi connectivity index (χ3n) is 1.76. The normalized spacial score (nSPS) is 22.2. The molecule has 12 heavy (non-hydrogen) atoms. The largest absolute Gasteiger partial charge is 0.170 e. The van der Waals surface area contributed by atoms with Crippen LogP contribution in [0.1, 0.15) is 40.5 Å². The zero-order valence-electron chi connectivity index (χ0n) is 8.06. The molecular formula is C8H16Cl2N2. The zero-order valence-corrected chi connectivity index (χ0v) is 9.58. The summed E-state index contributed by atoms with van der Waals surface area (Å²) in [7, 11) is 0. The maximum Gasteiger partial charge on any atom is 0.151 e. The maximum absolute atomic E-state index is 5.96. The van der Waals surface area contributed by atoms with Crippen molar-refractivity contribution in [3.63, 3.8) is 0 Å². The van der Waals surface area contributed by atoms with Gasteiger partial charge < -0.3 is 0 Å². The third-order valence-corrected chi connectivity index (χ3v) is 2.44. The van der Waals surface area contributed by atoms with Gasteiger partial charge in [-0.3, -0.25) is 0 Å². The molecule has 0 heterocycles. The minimum atomic E-state index is -0.606. The number of halogens is 2. The first kappa shape index (κ1) is 12.2. The van der Waals surface area contributed by atoms with E-state index in [2.05, 4.69) is 10.2 Å². The minimum absolute atomic E-state index is 0.606. The molecular weight excluding hydrogens is 195 g/mol. The van der Waals surface area contributed by atoms with Crippen molar-refractivity contribution < 1.29 is 0 Å². The lowest BCUT2D eigenvalue weighted by atomic mass is 10.2. The van der Waals surface area contributed by atoms with Gasteiger partial charge in [0.25, 0.3) is 0 Å². The molecule has 0 spiro atoms. The van der Waals surface area contributed by atoms with Gasteiger partial charge in [-0.2, -0.15) is 10.2 Å². The Bertz CT molecular complexity index is 146. The highest BCUT2D eigenvalue weighted by Gasteiger charge is 2.21. The summed E-state index contributed by atoms with van der Waals surface area (Å²) in [4.78, 5) is -1.21. The summed E-state index contributed by atoms with van der Waals surface area (Å²) in [6, 6.07) is 0. The van der Waals surface area contributed by atoms with Crippen molar-refractivity contribution in [2.24, 2.45) is 10.2 Å².